The van der Waals surface area contributed by atoms with Crippen LogP contribution in [-0.4, -0.2) is 29.5 Å². The molecule has 24 heavy (non-hydrogen) atoms. The Hall–Kier alpha value is -0.740. The highest BCUT2D eigenvalue weighted by Crippen LogP contribution is 2.16. The predicted molar refractivity (Wildman–Crippen MR) is 115 cm³/mol. The van der Waals surface area contributed by atoms with E-state index >= 15 is 0 Å². The molecule has 0 aromatic carbocycles. The number of unbranched alkanes of at least 4 members (excludes halogenated alkanes) is 1. The number of aliphatic imine (C=N–C) groups is 1. The molecule has 2 N–H and O–H groups in total. The third kappa shape index (κ3) is 7.02. The van der Waals surface area contributed by atoms with E-state index in [1.54, 1.807) is 29.7 Å². The van der Waals surface area contributed by atoms with Crippen molar-refractivity contribution < 1.29 is 0 Å². The first-order chi connectivity index (χ1) is 11.1. The standard InChI is InChI=1S/C16H25N5S2.HI/c1-11-10-22-15(20-11)7-5-6-8-18-16(17-4)19-9-14-12(2)21-13(3)23-14;/h10H,5-9H2,1-4H3,(H2,17,18,19);1H. The topological polar surface area (TPSA) is 62.2 Å². The monoisotopic (exact) mass is 479 g/mol. The number of thiazole rings is 2. The minimum atomic E-state index is 0. The normalized spacial score (nSPS) is 11.2. The van der Waals surface area contributed by atoms with Crippen molar-refractivity contribution in [1.82, 2.24) is 20.6 Å². The molecule has 0 aliphatic heterocycles. The maximum Gasteiger partial charge on any atom is 0.191 e. The summed E-state index contributed by atoms with van der Waals surface area (Å²) in [6.07, 6.45) is 3.31. The first-order valence-electron chi connectivity index (χ1n) is 7.87. The van der Waals surface area contributed by atoms with Crippen LogP contribution in [0.2, 0.25) is 0 Å². The van der Waals surface area contributed by atoms with Crippen molar-refractivity contribution in [2.75, 3.05) is 13.6 Å². The van der Waals surface area contributed by atoms with Gasteiger partial charge < -0.3 is 10.6 Å². The molecule has 0 radical (unpaired) electrons. The zero-order valence-electron chi connectivity index (χ0n) is 14.7. The van der Waals surface area contributed by atoms with Crippen LogP contribution in [0.15, 0.2) is 10.4 Å². The van der Waals surface area contributed by atoms with Crippen LogP contribution in [0.25, 0.3) is 0 Å². The van der Waals surface area contributed by atoms with Gasteiger partial charge in [0.25, 0.3) is 0 Å². The zero-order chi connectivity index (χ0) is 16.7. The lowest BCUT2D eigenvalue weighted by Gasteiger charge is -2.11. The van der Waals surface area contributed by atoms with Gasteiger partial charge in [-0.15, -0.1) is 46.7 Å². The summed E-state index contributed by atoms with van der Waals surface area (Å²) in [4.78, 5) is 14.5. The zero-order valence-corrected chi connectivity index (χ0v) is 18.6. The Morgan fingerprint density at radius 2 is 1.96 bits per heavy atom. The molecule has 0 aliphatic rings. The number of aromatic nitrogens is 2. The second kappa shape index (κ2) is 11.0. The Balaban J connectivity index is 0.00000288. The van der Waals surface area contributed by atoms with Crippen LogP contribution >= 0.6 is 46.7 Å². The molecule has 2 heterocycles. The maximum atomic E-state index is 4.49. The van der Waals surface area contributed by atoms with Gasteiger partial charge in [0.05, 0.1) is 22.3 Å². The number of rotatable bonds is 7. The number of nitrogens with one attached hydrogen (secondary N) is 2. The highest BCUT2D eigenvalue weighted by Gasteiger charge is 2.05. The summed E-state index contributed by atoms with van der Waals surface area (Å²) in [6, 6.07) is 0. The van der Waals surface area contributed by atoms with Gasteiger partial charge in [-0.05, 0) is 40.0 Å². The van der Waals surface area contributed by atoms with Crippen molar-refractivity contribution in [3.05, 3.63) is 31.7 Å². The molecule has 8 heteroatoms. The van der Waals surface area contributed by atoms with Crippen molar-refractivity contribution in [3.8, 4) is 0 Å². The molecule has 134 valence electrons. The summed E-state index contributed by atoms with van der Waals surface area (Å²) in [5.41, 5.74) is 2.23. The van der Waals surface area contributed by atoms with Crippen LogP contribution < -0.4 is 10.6 Å². The van der Waals surface area contributed by atoms with Crippen molar-refractivity contribution in [3.63, 3.8) is 0 Å². The molecular weight excluding hydrogens is 453 g/mol. The fraction of sp³-hybridized carbons (Fsp3) is 0.562. The second-order valence-electron chi connectivity index (χ2n) is 5.43. The largest absolute Gasteiger partial charge is 0.356 e. The Bertz CT molecular complexity index is 651. The Labute approximate surface area is 169 Å². The number of hydrogen-bond acceptors (Lipinski definition) is 5. The third-order valence-electron chi connectivity index (χ3n) is 3.42. The van der Waals surface area contributed by atoms with Gasteiger partial charge >= 0.3 is 0 Å². The Morgan fingerprint density at radius 3 is 2.54 bits per heavy atom. The Morgan fingerprint density at radius 1 is 1.17 bits per heavy atom. The number of halogens is 1. The van der Waals surface area contributed by atoms with E-state index < -0.39 is 0 Å². The van der Waals surface area contributed by atoms with Gasteiger partial charge in [0.15, 0.2) is 5.96 Å². The lowest BCUT2D eigenvalue weighted by molar-refractivity contribution is 0.692. The van der Waals surface area contributed by atoms with Gasteiger partial charge in [0.1, 0.15) is 0 Å². The van der Waals surface area contributed by atoms with E-state index in [0.717, 1.165) is 54.7 Å². The number of nitrogens with zero attached hydrogens (tertiary/aromatic N) is 3. The van der Waals surface area contributed by atoms with Gasteiger partial charge in [0, 0.05) is 29.5 Å². The summed E-state index contributed by atoms with van der Waals surface area (Å²) < 4.78 is 0. The minimum absolute atomic E-state index is 0. The molecule has 0 aliphatic carbocycles. The van der Waals surface area contributed by atoms with Crippen molar-refractivity contribution in [2.24, 2.45) is 4.99 Å². The fourth-order valence-electron chi connectivity index (χ4n) is 2.25. The van der Waals surface area contributed by atoms with Gasteiger partial charge in [0.2, 0.25) is 0 Å². The number of aryl methyl sites for hydroxylation is 4. The molecule has 2 rings (SSSR count). The SMILES string of the molecule is CN=C(NCCCCc1nc(C)cs1)NCc1sc(C)nc1C.I. The summed E-state index contributed by atoms with van der Waals surface area (Å²) in [5.74, 6) is 0.848. The van der Waals surface area contributed by atoms with Crippen LogP contribution in [0.1, 0.15) is 39.1 Å². The van der Waals surface area contributed by atoms with Crippen LogP contribution in [0.4, 0.5) is 0 Å². The number of hydrogen-bond donors (Lipinski definition) is 2. The molecule has 0 spiro atoms. The molecule has 0 amide bonds. The van der Waals surface area contributed by atoms with E-state index in [4.69, 9.17) is 0 Å². The maximum absolute atomic E-state index is 4.49. The Kier molecular flexibility index (Phi) is 9.75. The lowest BCUT2D eigenvalue weighted by Crippen LogP contribution is -2.37. The third-order valence-corrected chi connectivity index (χ3v) is 5.52. The van der Waals surface area contributed by atoms with E-state index in [9.17, 15) is 0 Å². The molecule has 0 bridgehead atoms. The molecule has 0 saturated carbocycles. The molecule has 0 atom stereocenters. The van der Waals surface area contributed by atoms with E-state index in [1.165, 1.54) is 9.88 Å². The summed E-state index contributed by atoms with van der Waals surface area (Å²) >= 11 is 3.49. The molecule has 0 saturated heterocycles. The van der Waals surface area contributed by atoms with Crippen molar-refractivity contribution in [2.45, 2.75) is 46.6 Å². The van der Waals surface area contributed by atoms with Crippen LogP contribution in [0, 0.1) is 20.8 Å². The van der Waals surface area contributed by atoms with Gasteiger partial charge in [-0.25, -0.2) is 9.97 Å². The number of guanidine groups is 1. The summed E-state index contributed by atoms with van der Waals surface area (Å²) in [7, 11) is 1.80. The first kappa shape index (κ1) is 21.3. The van der Waals surface area contributed by atoms with E-state index in [0.29, 0.717) is 0 Å². The quantitative estimate of drug-likeness (QED) is 0.274. The average Bonchev–Trinajstić information content (AvgIpc) is 3.07. The summed E-state index contributed by atoms with van der Waals surface area (Å²) in [5, 5.41) is 11.2. The molecule has 0 fully saturated rings. The molecule has 5 nitrogen and oxygen atoms in total. The van der Waals surface area contributed by atoms with Gasteiger partial charge in [-0.3, -0.25) is 4.99 Å². The highest BCUT2D eigenvalue weighted by molar-refractivity contribution is 14.0. The first-order valence-corrected chi connectivity index (χ1v) is 9.56. The van der Waals surface area contributed by atoms with Crippen LogP contribution in [0.5, 0.6) is 0 Å². The van der Waals surface area contributed by atoms with E-state index in [1.807, 2.05) is 13.8 Å². The fourth-order valence-corrected chi connectivity index (χ4v) is 3.94. The van der Waals surface area contributed by atoms with Crippen molar-refractivity contribution >= 4 is 52.6 Å². The van der Waals surface area contributed by atoms with E-state index in [-0.39, 0.29) is 24.0 Å². The lowest BCUT2D eigenvalue weighted by atomic mass is 10.2. The van der Waals surface area contributed by atoms with Crippen LogP contribution in [-0.2, 0) is 13.0 Å². The van der Waals surface area contributed by atoms with Gasteiger partial charge in [-0.2, -0.15) is 0 Å². The average molecular weight is 479 g/mol. The predicted octanol–water partition coefficient (Wildman–Crippen LogP) is 3.83. The minimum Gasteiger partial charge on any atom is -0.356 e. The van der Waals surface area contributed by atoms with E-state index in [2.05, 4.69) is 37.9 Å². The molecular formula is C16H26IN5S2. The van der Waals surface area contributed by atoms with Gasteiger partial charge in [-0.1, -0.05) is 0 Å². The molecule has 2 aromatic rings. The second-order valence-corrected chi connectivity index (χ2v) is 7.66. The molecule has 2 aromatic heterocycles. The van der Waals surface area contributed by atoms with Crippen LogP contribution in [0.3, 0.4) is 0 Å². The summed E-state index contributed by atoms with van der Waals surface area (Å²) in [6.45, 7) is 7.83. The molecule has 0 unspecified atom stereocenters. The van der Waals surface area contributed by atoms with Crippen molar-refractivity contribution in [1.29, 1.82) is 0 Å². The highest BCUT2D eigenvalue weighted by atomic mass is 127. The smallest absolute Gasteiger partial charge is 0.191 e.